The maximum absolute atomic E-state index is 11.0. The third kappa shape index (κ3) is 2.69. The van der Waals surface area contributed by atoms with Crippen LogP contribution in [0.1, 0.15) is 30.5 Å². The molecule has 13 heavy (non-hydrogen) atoms. The van der Waals surface area contributed by atoms with Gasteiger partial charge in [0.1, 0.15) is 5.78 Å². The minimum atomic E-state index is 0.233. The quantitative estimate of drug-likeness (QED) is 0.692. The van der Waals surface area contributed by atoms with Crippen molar-refractivity contribution in [2.75, 3.05) is 0 Å². The summed E-state index contributed by atoms with van der Waals surface area (Å²) in [6, 6.07) is 6.35. The van der Waals surface area contributed by atoms with Crippen LogP contribution >= 0.6 is 0 Å². The minimum absolute atomic E-state index is 0.233. The van der Waals surface area contributed by atoms with E-state index in [4.69, 9.17) is 0 Å². The molecule has 0 spiro atoms. The van der Waals surface area contributed by atoms with Gasteiger partial charge in [-0.3, -0.25) is 4.79 Å². The largest absolute Gasteiger partial charge is 0.300 e. The average Bonchev–Trinajstić information content (AvgIpc) is 2.08. The molecule has 70 valence electrons. The topological polar surface area (TPSA) is 17.1 Å². The molecule has 0 saturated carbocycles. The van der Waals surface area contributed by atoms with Crippen molar-refractivity contribution in [2.45, 2.75) is 33.6 Å². The van der Waals surface area contributed by atoms with E-state index in [9.17, 15) is 4.79 Å². The third-order valence-electron chi connectivity index (χ3n) is 2.26. The van der Waals surface area contributed by atoms with Crippen LogP contribution in [0.4, 0.5) is 0 Å². The van der Waals surface area contributed by atoms with Crippen LogP contribution in [0.3, 0.4) is 0 Å². The summed E-state index contributed by atoms with van der Waals surface area (Å²) in [7, 11) is 0. The number of ketones is 1. The maximum Gasteiger partial charge on any atom is 0.134 e. The molecular weight excluding hydrogens is 160 g/mol. The van der Waals surface area contributed by atoms with E-state index >= 15 is 0 Å². The van der Waals surface area contributed by atoms with Gasteiger partial charge < -0.3 is 0 Å². The lowest BCUT2D eigenvalue weighted by Crippen LogP contribution is -1.99. The highest BCUT2D eigenvalue weighted by Gasteiger charge is 2.02. The summed E-state index contributed by atoms with van der Waals surface area (Å²) in [4.78, 5) is 11.0. The van der Waals surface area contributed by atoms with Gasteiger partial charge >= 0.3 is 0 Å². The summed E-state index contributed by atoms with van der Waals surface area (Å²) in [5.74, 6) is 0.233. The molecule has 1 rings (SSSR count). The van der Waals surface area contributed by atoms with Gasteiger partial charge in [0.2, 0.25) is 0 Å². The molecule has 0 aliphatic carbocycles. The fourth-order valence-electron chi connectivity index (χ4n) is 1.40. The van der Waals surface area contributed by atoms with Gasteiger partial charge in [0, 0.05) is 6.42 Å². The molecule has 1 aromatic carbocycles. The van der Waals surface area contributed by atoms with Crippen LogP contribution in [-0.4, -0.2) is 5.78 Å². The van der Waals surface area contributed by atoms with Gasteiger partial charge in [-0.2, -0.15) is 0 Å². The van der Waals surface area contributed by atoms with Gasteiger partial charge in [-0.15, -0.1) is 0 Å². The van der Waals surface area contributed by atoms with Crippen molar-refractivity contribution in [3.63, 3.8) is 0 Å². The summed E-state index contributed by atoms with van der Waals surface area (Å²) in [5, 5.41) is 0. The number of benzene rings is 1. The van der Waals surface area contributed by atoms with E-state index < -0.39 is 0 Å². The lowest BCUT2D eigenvalue weighted by Gasteiger charge is -2.05. The lowest BCUT2D eigenvalue weighted by atomic mass is 10.00. The van der Waals surface area contributed by atoms with Crippen LogP contribution in [0.15, 0.2) is 18.2 Å². The standard InChI is InChI=1S/C12H16O/c1-4-11-6-5-9(2)12(8-11)7-10(3)13/h5-6,8H,4,7H2,1-3H3. The monoisotopic (exact) mass is 176 g/mol. The molecular formula is C12H16O. The Morgan fingerprint density at radius 3 is 2.62 bits per heavy atom. The van der Waals surface area contributed by atoms with Crippen LogP contribution in [0.25, 0.3) is 0 Å². The zero-order valence-corrected chi connectivity index (χ0v) is 8.55. The van der Waals surface area contributed by atoms with E-state index in [1.807, 2.05) is 0 Å². The maximum atomic E-state index is 11.0. The molecule has 0 saturated heterocycles. The normalized spacial score (nSPS) is 10.1. The summed E-state index contributed by atoms with van der Waals surface area (Å²) >= 11 is 0. The van der Waals surface area contributed by atoms with Gasteiger partial charge in [-0.1, -0.05) is 25.1 Å². The summed E-state index contributed by atoms with van der Waals surface area (Å²) < 4.78 is 0. The first-order valence-corrected chi connectivity index (χ1v) is 4.71. The molecule has 0 N–H and O–H groups in total. The zero-order chi connectivity index (χ0) is 9.84. The van der Waals surface area contributed by atoms with Crippen LogP contribution in [-0.2, 0) is 17.6 Å². The number of hydrogen-bond donors (Lipinski definition) is 0. The number of aryl methyl sites for hydroxylation is 2. The predicted octanol–water partition coefficient (Wildman–Crippen LogP) is 2.69. The highest BCUT2D eigenvalue weighted by molar-refractivity contribution is 5.78. The Morgan fingerprint density at radius 1 is 1.38 bits per heavy atom. The zero-order valence-electron chi connectivity index (χ0n) is 8.55. The minimum Gasteiger partial charge on any atom is -0.300 e. The van der Waals surface area contributed by atoms with Gasteiger partial charge in [0.15, 0.2) is 0 Å². The average molecular weight is 176 g/mol. The molecule has 0 aliphatic heterocycles. The number of hydrogen-bond acceptors (Lipinski definition) is 1. The molecule has 0 radical (unpaired) electrons. The second-order valence-corrected chi connectivity index (χ2v) is 3.49. The first kappa shape index (κ1) is 9.97. The third-order valence-corrected chi connectivity index (χ3v) is 2.26. The molecule has 0 atom stereocenters. The molecule has 1 heteroatoms. The second kappa shape index (κ2) is 4.22. The number of rotatable bonds is 3. The Bertz CT molecular complexity index is 313. The summed E-state index contributed by atoms with van der Waals surface area (Å²) in [6.07, 6.45) is 1.60. The first-order chi connectivity index (χ1) is 6.13. The van der Waals surface area contributed by atoms with Crippen molar-refractivity contribution in [1.29, 1.82) is 0 Å². The Morgan fingerprint density at radius 2 is 2.08 bits per heavy atom. The van der Waals surface area contributed by atoms with Crippen molar-refractivity contribution in [3.8, 4) is 0 Å². The van der Waals surface area contributed by atoms with Gasteiger partial charge in [0.05, 0.1) is 0 Å². The predicted molar refractivity (Wildman–Crippen MR) is 54.9 cm³/mol. The van der Waals surface area contributed by atoms with Crippen LogP contribution in [0.2, 0.25) is 0 Å². The van der Waals surface area contributed by atoms with Crippen molar-refractivity contribution < 1.29 is 4.79 Å². The van der Waals surface area contributed by atoms with Crippen LogP contribution in [0, 0.1) is 6.92 Å². The highest BCUT2D eigenvalue weighted by Crippen LogP contribution is 2.12. The fraction of sp³-hybridized carbons (Fsp3) is 0.417. The molecule has 0 fully saturated rings. The molecule has 0 aromatic heterocycles. The van der Waals surface area contributed by atoms with Gasteiger partial charge in [-0.25, -0.2) is 0 Å². The van der Waals surface area contributed by atoms with E-state index in [0.717, 1.165) is 6.42 Å². The van der Waals surface area contributed by atoms with E-state index in [1.165, 1.54) is 16.7 Å². The van der Waals surface area contributed by atoms with E-state index in [2.05, 4.69) is 32.0 Å². The van der Waals surface area contributed by atoms with Crippen molar-refractivity contribution >= 4 is 5.78 Å². The van der Waals surface area contributed by atoms with E-state index in [0.29, 0.717) is 6.42 Å². The highest BCUT2D eigenvalue weighted by atomic mass is 16.1. The van der Waals surface area contributed by atoms with Crippen molar-refractivity contribution in [2.24, 2.45) is 0 Å². The molecule has 0 bridgehead atoms. The SMILES string of the molecule is CCc1ccc(C)c(CC(C)=O)c1. The molecule has 1 nitrogen and oxygen atoms in total. The van der Waals surface area contributed by atoms with Crippen LogP contribution in [0.5, 0.6) is 0 Å². The Kier molecular flexibility index (Phi) is 3.24. The van der Waals surface area contributed by atoms with E-state index in [1.54, 1.807) is 6.92 Å². The van der Waals surface area contributed by atoms with Crippen molar-refractivity contribution in [1.82, 2.24) is 0 Å². The smallest absolute Gasteiger partial charge is 0.134 e. The van der Waals surface area contributed by atoms with Crippen molar-refractivity contribution in [3.05, 3.63) is 34.9 Å². The van der Waals surface area contributed by atoms with Gasteiger partial charge in [-0.05, 0) is 37.0 Å². The number of carbonyl (C=O) groups excluding carboxylic acids is 1. The van der Waals surface area contributed by atoms with Crippen LogP contribution < -0.4 is 0 Å². The molecule has 0 heterocycles. The van der Waals surface area contributed by atoms with Gasteiger partial charge in [0.25, 0.3) is 0 Å². The fourth-order valence-corrected chi connectivity index (χ4v) is 1.40. The summed E-state index contributed by atoms with van der Waals surface area (Å²) in [5.41, 5.74) is 3.70. The number of Topliss-reactive ketones (excluding diaryl/α,β-unsaturated/α-hetero) is 1. The molecule has 0 aliphatic rings. The van der Waals surface area contributed by atoms with E-state index in [-0.39, 0.29) is 5.78 Å². The first-order valence-electron chi connectivity index (χ1n) is 4.71. The summed E-state index contributed by atoms with van der Waals surface area (Å²) in [6.45, 7) is 5.82. The Balaban J connectivity index is 2.96. The Hall–Kier alpha value is -1.11. The Labute approximate surface area is 79.8 Å². The molecule has 0 unspecified atom stereocenters. The number of carbonyl (C=O) groups is 1. The second-order valence-electron chi connectivity index (χ2n) is 3.49. The molecule has 0 amide bonds. The lowest BCUT2D eigenvalue weighted by molar-refractivity contribution is -0.116. The molecule has 1 aromatic rings.